The maximum absolute atomic E-state index is 13.0. The van der Waals surface area contributed by atoms with Gasteiger partial charge in [-0.2, -0.15) is 0 Å². The molecular weight excluding hydrogens is 506 g/mol. The van der Waals surface area contributed by atoms with Crippen molar-refractivity contribution >= 4 is 21.9 Å². The van der Waals surface area contributed by atoms with Crippen LogP contribution in [0.25, 0.3) is 11.1 Å². The molecule has 3 aromatic carbocycles. The Hall–Kier alpha value is -3.85. The minimum absolute atomic E-state index is 0.0779. The second kappa shape index (κ2) is 13.1. The molecule has 0 spiro atoms. The van der Waals surface area contributed by atoms with Crippen LogP contribution in [0.15, 0.2) is 71.6 Å². The molecule has 3 aromatic rings. The molecule has 0 saturated carbocycles. The zero-order valence-corrected chi connectivity index (χ0v) is 22.9. The van der Waals surface area contributed by atoms with E-state index in [0.717, 1.165) is 11.8 Å². The van der Waals surface area contributed by atoms with Crippen LogP contribution in [0.1, 0.15) is 30.5 Å². The van der Waals surface area contributed by atoms with Crippen molar-refractivity contribution in [1.82, 2.24) is 4.90 Å². The van der Waals surface area contributed by atoms with E-state index < -0.39 is 15.9 Å². The van der Waals surface area contributed by atoms with Crippen molar-refractivity contribution in [2.24, 2.45) is 0 Å². The predicted molar refractivity (Wildman–Crippen MR) is 145 cm³/mol. The van der Waals surface area contributed by atoms with E-state index in [1.54, 1.807) is 31.2 Å². The number of sulfone groups is 1. The fraction of sp³-hybridized carbons (Fsp3) is 0.310. The standard InChI is InChI=1S/C29H33NO7S/c1-5-30(29(32)37-20-21-10-8-7-9-11-21)19-23-18-24(38(4,33)34)13-14-25(23)26-16-22(12-15-27(26)35-3)17-28(31)36-6-2/h7-16,18H,5-6,17,19-20H2,1-4H3. The Bertz CT molecular complexity index is 1370. The van der Waals surface area contributed by atoms with E-state index in [1.807, 2.05) is 43.3 Å². The molecule has 0 heterocycles. The summed E-state index contributed by atoms with van der Waals surface area (Å²) in [4.78, 5) is 26.7. The number of methoxy groups -OCH3 is 1. The highest BCUT2D eigenvalue weighted by Gasteiger charge is 2.21. The first-order chi connectivity index (χ1) is 18.2. The maximum atomic E-state index is 13.0. The van der Waals surface area contributed by atoms with Gasteiger partial charge in [0, 0.05) is 24.9 Å². The van der Waals surface area contributed by atoms with Crippen LogP contribution in [0.4, 0.5) is 4.79 Å². The third-order valence-corrected chi connectivity index (χ3v) is 7.03. The van der Waals surface area contributed by atoms with Gasteiger partial charge >= 0.3 is 12.1 Å². The summed E-state index contributed by atoms with van der Waals surface area (Å²) in [5, 5.41) is 0. The summed E-state index contributed by atoms with van der Waals surface area (Å²) in [7, 11) is -1.97. The van der Waals surface area contributed by atoms with Gasteiger partial charge < -0.3 is 19.1 Å². The molecule has 3 rings (SSSR count). The lowest BCUT2D eigenvalue weighted by Crippen LogP contribution is -2.31. The van der Waals surface area contributed by atoms with Crippen LogP contribution in [0.3, 0.4) is 0 Å². The van der Waals surface area contributed by atoms with Crippen molar-refractivity contribution in [3.05, 3.63) is 83.4 Å². The normalized spacial score (nSPS) is 11.1. The van der Waals surface area contributed by atoms with Gasteiger partial charge in [0.25, 0.3) is 0 Å². The van der Waals surface area contributed by atoms with Crippen molar-refractivity contribution < 1.29 is 32.2 Å². The van der Waals surface area contributed by atoms with Crippen LogP contribution in [0.2, 0.25) is 0 Å². The second-order valence-corrected chi connectivity index (χ2v) is 10.7. The highest BCUT2D eigenvalue weighted by molar-refractivity contribution is 7.90. The van der Waals surface area contributed by atoms with Gasteiger partial charge in [0.1, 0.15) is 12.4 Å². The van der Waals surface area contributed by atoms with Crippen molar-refractivity contribution in [2.45, 2.75) is 38.3 Å². The summed E-state index contributed by atoms with van der Waals surface area (Å²) in [6.45, 7) is 4.42. The van der Waals surface area contributed by atoms with Crippen LogP contribution < -0.4 is 4.74 Å². The fourth-order valence-electron chi connectivity index (χ4n) is 3.97. The summed E-state index contributed by atoms with van der Waals surface area (Å²) in [5.41, 5.74) is 3.51. The van der Waals surface area contributed by atoms with Crippen LogP contribution in [-0.4, -0.2) is 51.9 Å². The predicted octanol–water partition coefficient (Wildman–Crippen LogP) is 5.03. The van der Waals surface area contributed by atoms with Crippen molar-refractivity contribution in [1.29, 1.82) is 0 Å². The monoisotopic (exact) mass is 539 g/mol. The molecule has 0 unspecified atom stereocenters. The molecule has 9 heteroatoms. The van der Waals surface area contributed by atoms with E-state index in [1.165, 1.54) is 18.1 Å². The number of carbonyl (C=O) groups excluding carboxylic acids is 2. The first kappa shape index (κ1) is 28.7. The molecule has 0 atom stereocenters. The van der Waals surface area contributed by atoms with E-state index in [-0.39, 0.29) is 37.0 Å². The average molecular weight is 540 g/mol. The van der Waals surface area contributed by atoms with Crippen LogP contribution >= 0.6 is 0 Å². The number of amides is 1. The summed E-state index contributed by atoms with van der Waals surface area (Å²) in [5.74, 6) is 0.190. The molecule has 1 amide bonds. The lowest BCUT2D eigenvalue weighted by molar-refractivity contribution is -0.142. The molecule has 0 fully saturated rings. The molecule has 0 aliphatic heterocycles. The van der Waals surface area contributed by atoms with Gasteiger partial charge in [-0.3, -0.25) is 4.79 Å². The number of carbonyl (C=O) groups is 2. The van der Waals surface area contributed by atoms with E-state index in [9.17, 15) is 18.0 Å². The third kappa shape index (κ3) is 7.58. The lowest BCUT2D eigenvalue weighted by Gasteiger charge is -2.23. The van der Waals surface area contributed by atoms with Gasteiger partial charge in [-0.25, -0.2) is 13.2 Å². The van der Waals surface area contributed by atoms with Crippen molar-refractivity contribution in [3.63, 3.8) is 0 Å². The Morgan fingerprint density at radius 1 is 0.868 bits per heavy atom. The Morgan fingerprint density at radius 3 is 2.24 bits per heavy atom. The van der Waals surface area contributed by atoms with Gasteiger partial charge in [-0.05, 0) is 60.4 Å². The Morgan fingerprint density at radius 2 is 1.61 bits per heavy atom. The number of rotatable bonds is 11. The van der Waals surface area contributed by atoms with Crippen molar-refractivity contribution in [2.75, 3.05) is 26.5 Å². The lowest BCUT2D eigenvalue weighted by atomic mass is 9.96. The molecular formula is C29H33NO7S. The largest absolute Gasteiger partial charge is 0.496 e. The Balaban J connectivity index is 1.99. The molecule has 0 bridgehead atoms. The van der Waals surface area contributed by atoms with E-state index in [4.69, 9.17) is 14.2 Å². The summed E-state index contributed by atoms with van der Waals surface area (Å²) in [6, 6.07) is 19.5. The molecule has 0 radical (unpaired) electrons. The SMILES string of the molecule is CCOC(=O)Cc1ccc(OC)c(-c2ccc(S(C)(=O)=O)cc2CN(CC)C(=O)OCc2ccccc2)c1. The summed E-state index contributed by atoms with van der Waals surface area (Å²) < 4.78 is 40.9. The van der Waals surface area contributed by atoms with E-state index >= 15 is 0 Å². The zero-order chi connectivity index (χ0) is 27.7. The number of hydrogen-bond donors (Lipinski definition) is 0. The zero-order valence-electron chi connectivity index (χ0n) is 22.1. The van der Waals surface area contributed by atoms with Gasteiger partial charge in [-0.15, -0.1) is 0 Å². The minimum atomic E-state index is -3.51. The van der Waals surface area contributed by atoms with Crippen LogP contribution in [-0.2, 0) is 43.7 Å². The molecule has 8 nitrogen and oxygen atoms in total. The number of nitrogens with zero attached hydrogens (tertiary/aromatic N) is 1. The van der Waals surface area contributed by atoms with Crippen LogP contribution in [0, 0.1) is 0 Å². The second-order valence-electron chi connectivity index (χ2n) is 8.66. The third-order valence-electron chi connectivity index (χ3n) is 5.92. The van der Waals surface area contributed by atoms with Gasteiger partial charge in [-0.1, -0.05) is 42.5 Å². The van der Waals surface area contributed by atoms with Gasteiger partial charge in [0.15, 0.2) is 9.84 Å². The maximum Gasteiger partial charge on any atom is 0.410 e. The fourth-order valence-corrected chi connectivity index (χ4v) is 4.64. The van der Waals surface area contributed by atoms with Gasteiger partial charge in [0.05, 0.1) is 25.0 Å². The summed E-state index contributed by atoms with van der Waals surface area (Å²) >= 11 is 0. The highest BCUT2D eigenvalue weighted by Crippen LogP contribution is 2.35. The molecule has 202 valence electrons. The first-order valence-electron chi connectivity index (χ1n) is 12.3. The quantitative estimate of drug-likeness (QED) is 0.315. The van der Waals surface area contributed by atoms with Crippen molar-refractivity contribution in [3.8, 4) is 16.9 Å². The molecule has 38 heavy (non-hydrogen) atoms. The number of esters is 1. The Kier molecular flexibility index (Phi) is 9.90. The first-order valence-corrected chi connectivity index (χ1v) is 14.2. The molecule has 0 saturated heterocycles. The number of hydrogen-bond acceptors (Lipinski definition) is 7. The summed E-state index contributed by atoms with van der Waals surface area (Å²) in [6.07, 6.45) is 0.696. The van der Waals surface area contributed by atoms with Crippen LogP contribution in [0.5, 0.6) is 5.75 Å². The number of benzene rings is 3. The molecule has 0 aliphatic rings. The number of ether oxygens (including phenoxy) is 3. The topological polar surface area (TPSA) is 99.2 Å². The molecule has 0 aromatic heterocycles. The van der Waals surface area contributed by atoms with E-state index in [2.05, 4.69) is 0 Å². The average Bonchev–Trinajstić information content (AvgIpc) is 2.90. The van der Waals surface area contributed by atoms with E-state index in [0.29, 0.717) is 34.5 Å². The molecule has 0 aliphatic carbocycles. The van der Waals surface area contributed by atoms with Gasteiger partial charge in [0.2, 0.25) is 0 Å². The molecule has 0 N–H and O–H groups in total. The smallest absolute Gasteiger partial charge is 0.410 e. The highest BCUT2D eigenvalue weighted by atomic mass is 32.2. The minimum Gasteiger partial charge on any atom is -0.496 e. The Labute approximate surface area is 224 Å².